The number of rotatable bonds is 9. The van der Waals surface area contributed by atoms with Crippen LogP contribution in [0.4, 0.5) is 0 Å². The van der Waals surface area contributed by atoms with Gasteiger partial charge in [0.15, 0.2) is 0 Å². The summed E-state index contributed by atoms with van der Waals surface area (Å²) in [5.74, 6) is 0.716. The molecule has 2 unspecified atom stereocenters. The van der Waals surface area contributed by atoms with E-state index in [0.717, 1.165) is 13.2 Å². The zero-order chi connectivity index (χ0) is 13.2. The van der Waals surface area contributed by atoms with Gasteiger partial charge in [-0.3, -0.25) is 4.90 Å². The summed E-state index contributed by atoms with van der Waals surface area (Å²) >= 11 is 0. The molecule has 18 heavy (non-hydrogen) atoms. The van der Waals surface area contributed by atoms with Crippen molar-refractivity contribution < 1.29 is 4.74 Å². The third-order valence-corrected chi connectivity index (χ3v) is 4.13. The Balaban J connectivity index is 2.29. The molecule has 0 amide bonds. The Labute approximate surface area is 113 Å². The van der Waals surface area contributed by atoms with Crippen molar-refractivity contribution >= 4 is 0 Å². The van der Waals surface area contributed by atoms with E-state index in [-0.39, 0.29) is 0 Å². The van der Waals surface area contributed by atoms with Crippen LogP contribution in [0.25, 0.3) is 0 Å². The molecule has 0 aromatic rings. The quantitative estimate of drug-likeness (QED) is 0.645. The van der Waals surface area contributed by atoms with E-state index in [1.807, 2.05) is 7.11 Å². The summed E-state index contributed by atoms with van der Waals surface area (Å²) in [5.41, 5.74) is 5.96. The SMILES string of the molecule is CCCCCCC(CN)N1CCCC(COC)C1. The van der Waals surface area contributed by atoms with Crippen LogP contribution in [-0.2, 0) is 4.74 Å². The molecule has 1 fully saturated rings. The van der Waals surface area contributed by atoms with Crippen molar-refractivity contribution in [1.29, 1.82) is 0 Å². The zero-order valence-electron chi connectivity index (χ0n) is 12.4. The lowest BCUT2D eigenvalue weighted by Gasteiger charge is -2.37. The molecule has 0 aliphatic carbocycles. The molecule has 108 valence electrons. The van der Waals surface area contributed by atoms with Crippen molar-refractivity contribution in [2.45, 2.75) is 57.9 Å². The summed E-state index contributed by atoms with van der Waals surface area (Å²) in [5, 5.41) is 0. The second-order valence-electron chi connectivity index (χ2n) is 5.70. The summed E-state index contributed by atoms with van der Waals surface area (Å²) in [6.07, 6.45) is 9.27. The van der Waals surface area contributed by atoms with Crippen LogP contribution in [0.1, 0.15) is 51.9 Å². The topological polar surface area (TPSA) is 38.5 Å². The van der Waals surface area contributed by atoms with Gasteiger partial charge in [-0.15, -0.1) is 0 Å². The van der Waals surface area contributed by atoms with Crippen LogP contribution in [0.15, 0.2) is 0 Å². The van der Waals surface area contributed by atoms with Crippen molar-refractivity contribution in [2.75, 3.05) is 33.4 Å². The fourth-order valence-corrected chi connectivity index (χ4v) is 3.06. The van der Waals surface area contributed by atoms with Crippen LogP contribution in [0.2, 0.25) is 0 Å². The predicted octanol–water partition coefficient (Wildman–Crippen LogP) is 2.64. The molecule has 1 rings (SSSR count). The van der Waals surface area contributed by atoms with Crippen LogP contribution in [0.5, 0.6) is 0 Å². The van der Waals surface area contributed by atoms with E-state index in [4.69, 9.17) is 10.5 Å². The average molecular weight is 256 g/mol. The third-order valence-electron chi connectivity index (χ3n) is 4.13. The van der Waals surface area contributed by atoms with Crippen LogP contribution in [0, 0.1) is 5.92 Å². The summed E-state index contributed by atoms with van der Waals surface area (Å²) in [7, 11) is 1.81. The predicted molar refractivity (Wildman–Crippen MR) is 77.8 cm³/mol. The molecule has 0 aromatic heterocycles. The largest absolute Gasteiger partial charge is 0.384 e. The number of hydrogen-bond acceptors (Lipinski definition) is 3. The molecule has 0 aromatic carbocycles. The number of ether oxygens (including phenoxy) is 1. The van der Waals surface area contributed by atoms with E-state index >= 15 is 0 Å². The fraction of sp³-hybridized carbons (Fsp3) is 1.00. The Hall–Kier alpha value is -0.120. The summed E-state index contributed by atoms with van der Waals surface area (Å²) < 4.78 is 5.30. The van der Waals surface area contributed by atoms with Gasteiger partial charge in [0.2, 0.25) is 0 Å². The highest BCUT2D eigenvalue weighted by atomic mass is 16.5. The molecule has 1 aliphatic rings. The van der Waals surface area contributed by atoms with Gasteiger partial charge in [-0.05, 0) is 31.7 Å². The number of unbranched alkanes of at least 4 members (excludes halogenated alkanes) is 3. The van der Waals surface area contributed by atoms with Gasteiger partial charge in [-0.2, -0.15) is 0 Å². The molecule has 2 N–H and O–H groups in total. The Bertz CT molecular complexity index is 197. The summed E-state index contributed by atoms with van der Waals surface area (Å²) in [6, 6.07) is 0.599. The van der Waals surface area contributed by atoms with Gasteiger partial charge in [-0.1, -0.05) is 32.6 Å². The maximum Gasteiger partial charge on any atom is 0.0502 e. The van der Waals surface area contributed by atoms with Crippen LogP contribution in [0.3, 0.4) is 0 Å². The average Bonchev–Trinajstić information content (AvgIpc) is 2.40. The van der Waals surface area contributed by atoms with Crippen LogP contribution >= 0.6 is 0 Å². The van der Waals surface area contributed by atoms with Gasteiger partial charge in [-0.25, -0.2) is 0 Å². The Morgan fingerprint density at radius 1 is 1.33 bits per heavy atom. The number of nitrogens with zero attached hydrogens (tertiary/aromatic N) is 1. The van der Waals surface area contributed by atoms with E-state index in [1.165, 1.54) is 58.0 Å². The molecule has 3 nitrogen and oxygen atoms in total. The van der Waals surface area contributed by atoms with Crippen molar-refractivity contribution in [2.24, 2.45) is 11.7 Å². The third kappa shape index (κ3) is 5.68. The standard InChI is InChI=1S/C15H32N2O/c1-3-4-5-6-9-15(11-16)17-10-7-8-14(12-17)13-18-2/h14-15H,3-13,16H2,1-2H3. The molecule has 0 bridgehead atoms. The van der Waals surface area contributed by atoms with E-state index < -0.39 is 0 Å². The number of likely N-dealkylation sites (tertiary alicyclic amines) is 1. The molecule has 2 atom stereocenters. The minimum Gasteiger partial charge on any atom is -0.384 e. The maximum atomic E-state index is 5.96. The molecular formula is C15H32N2O. The highest BCUT2D eigenvalue weighted by molar-refractivity contribution is 4.79. The Morgan fingerprint density at radius 3 is 2.83 bits per heavy atom. The first-order chi connectivity index (χ1) is 8.81. The van der Waals surface area contributed by atoms with Crippen LogP contribution in [-0.4, -0.2) is 44.3 Å². The highest BCUT2D eigenvalue weighted by Gasteiger charge is 2.24. The molecule has 0 radical (unpaired) electrons. The molecule has 3 heteroatoms. The maximum absolute atomic E-state index is 5.96. The first-order valence-corrected chi connectivity index (χ1v) is 7.74. The molecule has 0 spiro atoms. The number of methoxy groups -OCH3 is 1. The second kappa shape index (κ2) is 9.76. The van der Waals surface area contributed by atoms with Gasteiger partial charge in [0.05, 0.1) is 6.61 Å². The number of hydrogen-bond donors (Lipinski definition) is 1. The Morgan fingerprint density at radius 2 is 2.17 bits per heavy atom. The molecule has 0 saturated carbocycles. The van der Waals surface area contributed by atoms with Gasteiger partial charge >= 0.3 is 0 Å². The van der Waals surface area contributed by atoms with Gasteiger partial charge in [0.1, 0.15) is 0 Å². The number of nitrogens with two attached hydrogens (primary N) is 1. The lowest BCUT2D eigenvalue weighted by atomic mass is 9.96. The van der Waals surface area contributed by atoms with Crippen molar-refractivity contribution in [3.63, 3.8) is 0 Å². The fourth-order valence-electron chi connectivity index (χ4n) is 3.06. The highest BCUT2D eigenvalue weighted by Crippen LogP contribution is 2.20. The minimum absolute atomic E-state index is 0.599. The van der Waals surface area contributed by atoms with Crippen molar-refractivity contribution in [3.8, 4) is 0 Å². The molecule has 1 heterocycles. The molecular weight excluding hydrogens is 224 g/mol. The lowest BCUT2D eigenvalue weighted by Crippen LogP contribution is -2.47. The van der Waals surface area contributed by atoms with Gasteiger partial charge in [0.25, 0.3) is 0 Å². The molecule has 1 saturated heterocycles. The van der Waals surface area contributed by atoms with E-state index in [9.17, 15) is 0 Å². The summed E-state index contributed by atoms with van der Waals surface area (Å²) in [4.78, 5) is 2.61. The van der Waals surface area contributed by atoms with Gasteiger partial charge < -0.3 is 10.5 Å². The normalized spacial score (nSPS) is 23.2. The van der Waals surface area contributed by atoms with Crippen LogP contribution < -0.4 is 5.73 Å². The van der Waals surface area contributed by atoms with E-state index in [2.05, 4.69) is 11.8 Å². The van der Waals surface area contributed by atoms with Gasteiger partial charge in [0, 0.05) is 26.2 Å². The number of piperidine rings is 1. The monoisotopic (exact) mass is 256 g/mol. The lowest BCUT2D eigenvalue weighted by molar-refractivity contribution is 0.0669. The second-order valence-corrected chi connectivity index (χ2v) is 5.70. The van der Waals surface area contributed by atoms with Crippen molar-refractivity contribution in [1.82, 2.24) is 4.90 Å². The smallest absolute Gasteiger partial charge is 0.0502 e. The Kier molecular flexibility index (Phi) is 8.64. The van der Waals surface area contributed by atoms with E-state index in [1.54, 1.807) is 0 Å². The molecule has 1 aliphatic heterocycles. The first-order valence-electron chi connectivity index (χ1n) is 7.74. The van der Waals surface area contributed by atoms with Crippen molar-refractivity contribution in [3.05, 3.63) is 0 Å². The summed E-state index contributed by atoms with van der Waals surface area (Å²) in [6.45, 7) is 6.40. The first kappa shape index (κ1) is 15.9. The van der Waals surface area contributed by atoms with E-state index in [0.29, 0.717) is 12.0 Å². The zero-order valence-corrected chi connectivity index (χ0v) is 12.4. The minimum atomic E-state index is 0.599.